The van der Waals surface area contributed by atoms with Gasteiger partial charge in [-0.2, -0.15) is 0 Å². The monoisotopic (exact) mass is 399 g/mol. The Morgan fingerprint density at radius 3 is 2.03 bits per heavy atom. The summed E-state index contributed by atoms with van der Waals surface area (Å²) in [6.07, 6.45) is 1.96. The van der Waals surface area contributed by atoms with Crippen molar-refractivity contribution in [3.05, 3.63) is 96.7 Å². The van der Waals surface area contributed by atoms with Crippen molar-refractivity contribution in [3.8, 4) is 0 Å². The van der Waals surface area contributed by atoms with Crippen molar-refractivity contribution in [1.82, 2.24) is 10.3 Å². The van der Waals surface area contributed by atoms with Gasteiger partial charge in [-0.25, -0.2) is 9.59 Å². The fourth-order valence-corrected chi connectivity index (χ4v) is 3.47. The van der Waals surface area contributed by atoms with Crippen LogP contribution in [0.5, 0.6) is 0 Å². The number of H-pyrrole nitrogens is 1. The number of aliphatic carboxylic acids is 1. The van der Waals surface area contributed by atoms with E-state index in [0.29, 0.717) is 11.4 Å². The number of hydrogen-bond acceptors (Lipinski definition) is 2. The molecule has 0 saturated carbocycles. The number of nitrogens with zero attached hydrogens (tertiary/aromatic N) is 1. The standard InChI is InChI=1S/C24H21N3O3/c28-23(29)22(15-17-16-25-21-14-8-7-13-20(17)21)26-24(30)27(18-9-3-1-4-10-18)19-11-5-2-6-12-19/h1-14,16,22,25H,15H2,(H,26,30)(H,28,29). The van der Waals surface area contributed by atoms with Gasteiger partial charge in [-0.15, -0.1) is 0 Å². The molecule has 2 amide bonds. The van der Waals surface area contributed by atoms with Crippen LogP contribution in [0.1, 0.15) is 5.56 Å². The number of para-hydroxylation sites is 3. The third-order valence-corrected chi connectivity index (χ3v) is 4.93. The lowest BCUT2D eigenvalue weighted by atomic mass is 10.1. The zero-order chi connectivity index (χ0) is 20.9. The molecule has 150 valence electrons. The number of fused-ring (bicyclic) bond motifs is 1. The lowest BCUT2D eigenvalue weighted by Gasteiger charge is -2.25. The smallest absolute Gasteiger partial charge is 0.327 e. The molecular formula is C24H21N3O3. The number of benzene rings is 3. The first-order valence-corrected chi connectivity index (χ1v) is 9.62. The molecular weight excluding hydrogens is 378 g/mol. The summed E-state index contributed by atoms with van der Waals surface area (Å²) in [5.74, 6) is -1.09. The summed E-state index contributed by atoms with van der Waals surface area (Å²) in [4.78, 5) is 29.8. The zero-order valence-corrected chi connectivity index (χ0v) is 16.2. The van der Waals surface area contributed by atoms with Gasteiger partial charge in [0.15, 0.2) is 0 Å². The van der Waals surface area contributed by atoms with E-state index in [4.69, 9.17) is 0 Å². The summed E-state index contributed by atoms with van der Waals surface area (Å²) in [5.41, 5.74) is 3.07. The summed E-state index contributed by atoms with van der Waals surface area (Å²) >= 11 is 0. The average molecular weight is 399 g/mol. The maximum Gasteiger partial charge on any atom is 0.327 e. The number of aromatic nitrogens is 1. The minimum Gasteiger partial charge on any atom is -0.480 e. The SMILES string of the molecule is O=C(O)C(Cc1c[nH]c2ccccc12)NC(=O)N(c1ccccc1)c1ccccc1. The average Bonchev–Trinajstić information content (AvgIpc) is 3.18. The van der Waals surface area contributed by atoms with E-state index in [2.05, 4.69) is 10.3 Å². The van der Waals surface area contributed by atoms with Gasteiger partial charge in [-0.3, -0.25) is 4.90 Å². The van der Waals surface area contributed by atoms with Crippen molar-refractivity contribution < 1.29 is 14.7 Å². The second-order valence-electron chi connectivity index (χ2n) is 6.91. The topological polar surface area (TPSA) is 85.4 Å². The van der Waals surface area contributed by atoms with Crippen LogP contribution in [0.15, 0.2) is 91.1 Å². The number of carboxylic acids is 1. The quantitative estimate of drug-likeness (QED) is 0.439. The molecule has 0 saturated heterocycles. The summed E-state index contributed by atoms with van der Waals surface area (Å²) in [6, 6.07) is 24.4. The van der Waals surface area contributed by atoms with Crippen LogP contribution < -0.4 is 10.2 Å². The number of aromatic amines is 1. The second kappa shape index (κ2) is 8.53. The van der Waals surface area contributed by atoms with E-state index in [0.717, 1.165) is 16.5 Å². The van der Waals surface area contributed by atoms with E-state index in [1.54, 1.807) is 6.20 Å². The largest absolute Gasteiger partial charge is 0.480 e. The molecule has 1 unspecified atom stereocenters. The van der Waals surface area contributed by atoms with Crippen LogP contribution in [0.3, 0.4) is 0 Å². The van der Waals surface area contributed by atoms with Gasteiger partial charge < -0.3 is 15.4 Å². The molecule has 0 bridgehead atoms. The lowest BCUT2D eigenvalue weighted by molar-refractivity contribution is -0.139. The molecule has 1 atom stereocenters. The maximum atomic E-state index is 13.2. The summed E-state index contributed by atoms with van der Waals surface area (Å²) in [5, 5.41) is 13.4. The number of carboxylic acid groups (broad SMARTS) is 1. The molecule has 3 N–H and O–H groups in total. The molecule has 3 aromatic carbocycles. The number of rotatable bonds is 6. The van der Waals surface area contributed by atoms with Gasteiger partial charge in [0, 0.05) is 23.5 Å². The maximum absolute atomic E-state index is 13.2. The predicted octanol–water partition coefficient (Wildman–Crippen LogP) is 4.71. The Morgan fingerprint density at radius 1 is 0.867 bits per heavy atom. The highest BCUT2D eigenvalue weighted by molar-refractivity contribution is 6.01. The molecule has 0 aliphatic rings. The van der Waals surface area contributed by atoms with Crippen LogP contribution in [0.2, 0.25) is 0 Å². The van der Waals surface area contributed by atoms with Crippen LogP contribution in [0.25, 0.3) is 10.9 Å². The number of hydrogen-bond donors (Lipinski definition) is 3. The van der Waals surface area contributed by atoms with Crippen LogP contribution >= 0.6 is 0 Å². The second-order valence-corrected chi connectivity index (χ2v) is 6.91. The fourth-order valence-electron chi connectivity index (χ4n) is 3.47. The molecule has 30 heavy (non-hydrogen) atoms. The van der Waals surface area contributed by atoms with E-state index in [1.165, 1.54) is 4.90 Å². The van der Waals surface area contributed by atoms with Crippen molar-refractivity contribution >= 4 is 34.3 Å². The third kappa shape index (κ3) is 4.03. The molecule has 0 aliphatic heterocycles. The van der Waals surface area contributed by atoms with Crippen molar-refractivity contribution in [2.45, 2.75) is 12.5 Å². The number of anilines is 2. The Morgan fingerprint density at radius 2 is 1.43 bits per heavy atom. The highest BCUT2D eigenvalue weighted by Gasteiger charge is 2.26. The Bertz CT molecular complexity index is 1120. The van der Waals surface area contributed by atoms with Gasteiger partial charge in [-0.05, 0) is 35.9 Å². The van der Waals surface area contributed by atoms with Crippen LogP contribution in [-0.4, -0.2) is 28.1 Å². The molecule has 4 aromatic rings. The molecule has 6 heteroatoms. The molecule has 1 heterocycles. The lowest BCUT2D eigenvalue weighted by Crippen LogP contribution is -2.47. The molecule has 1 aromatic heterocycles. The van der Waals surface area contributed by atoms with E-state index < -0.39 is 18.0 Å². The summed E-state index contributed by atoms with van der Waals surface area (Å²) < 4.78 is 0. The molecule has 0 fully saturated rings. The summed E-state index contributed by atoms with van der Waals surface area (Å²) in [7, 11) is 0. The van der Waals surface area contributed by atoms with Crippen LogP contribution in [0.4, 0.5) is 16.2 Å². The normalized spacial score (nSPS) is 11.7. The van der Waals surface area contributed by atoms with Crippen molar-refractivity contribution in [1.29, 1.82) is 0 Å². The van der Waals surface area contributed by atoms with Gasteiger partial charge >= 0.3 is 12.0 Å². The third-order valence-electron chi connectivity index (χ3n) is 4.93. The zero-order valence-electron chi connectivity index (χ0n) is 16.2. The number of urea groups is 1. The first kappa shape index (κ1) is 19.3. The van der Waals surface area contributed by atoms with E-state index in [1.807, 2.05) is 84.9 Å². The van der Waals surface area contributed by atoms with Crippen LogP contribution in [-0.2, 0) is 11.2 Å². The Kier molecular flexibility index (Phi) is 5.48. The highest BCUT2D eigenvalue weighted by Crippen LogP contribution is 2.25. The Hall–Kier alpha value is -4.06. The van der Waals surface area contributed by atoms with E-state index in [-0.39, 0.29) is 6.42 Å². The van der Waals surface area contributed by atoms with Crippen molar-refractivity contribution in [3.63, 3.8) is 0 Å². The van der Waals surface area contributed by atoms with Gasteiger partial charge in [0.2, 0.25) is 0 Å². The van der Waals surface area contributed by atoms with Crippen molar-refractivity contribution in [2.75, 3.05) is 4.90 Å². The van der Waals surface area contributed by atoms with Gasteiger partial charge in [0.05, 0.1) is 11.4 Å². The number of amides is 2. The molecule has 6 nitrogen and oxygen atoms in total. The van der Waals surface area contributed by atoms with Crippen molar-refractivity contribution in [2.24, 2.45) is 0 Å². The summed E-state index contributed by atoms with van der Waals surface area (Å²) in [6.45, 7) is 0. The first-order chi connectivity index (χ1) is 14.6. The van der Waals surface area contributed by atoms with E-state index in [9.17, 15) is 14.7 Å². The van der Waals surface area contributed by atoms with Gasteiger partial charge in [-0.1, -0.05) is 54.6 Å². The molecule has 0 aliphatic carbocycles. The Balaban J connectivity index is 1.61. The first-order valence-electron chi connectivity index (χ1n) is 9.62. The predicted molar refractivity (Wildman–Crippen MR) is 117 cm³/mol. The van der Waals surface area contributed by atoms with E-state index >= 15 is 0 Å². The van der Waals surface area contributed by atoms with Crippen LogP contribution in [0, 0.1) is 0 Å². The Labute approximate surface area is 173 Å². The molecule has 0 spiro atoms. The number of nitrogens with one attached hydrogen (secondary N) is 2. The number of carbonyl (C=O) groups excluding carboxylic acids is 1. The highest BCUT2D eigenvalue weighted by atomic mass is 16.4. The van der Waals surface area contributed by atoms with Gasteiger partial charge in [0.25, 0.3) is 0 Å². The molecule has 4 rings (SSSR count). The van der Waals surface area contributed by atoms with Gasteiger partial charge in [0.1, 0.15) is 6.04 Å². The number of carbonyl (C=O) groups is 2. The minimum atomic E-state index is -1.09. The minimum absolute atomic E-state index is 0.169. The fraction of sp³-hybridized carbons (Fsp3) is 0.0833. The molecule has 0 radical (unpaired) electrons.